The highest BCUT2D eigenvalue weighted by atomic mass is 16.3. The average Bonchev–Trinajstić information content (AvgIpc) is 2.20. The average molecular weight is 172 g/mol. The maximum absolute atomic E-state index is 9.12. The van der Waals surface area contributed by atoms with E-state index in [-0.39, 0.29) is 0 Å². The van der Waals surface area contributed by atoms with Gasteiger partial charge in [-0.2, -0.15) is 0 Å². The van der Waals surface area contributed by atoms with Gasteiger partial charge in [-0.1, -0.05) is 18.1 Å². The van der Waals surface area contributed by atoms with Gasteiger partial charge in [0, 0.05) is 12.3 Å². The van der Waals surface area contributed by atoms with Crippen LogP contribution in [0.25, 0.3) is 0 Å². The molecule has 0 aliphatic heterocycles. The topological polar surface area (TPSA) is 20.2 Å². The zero-order chi connectivity index (χ0) is 9.10. The lowest BCUT2D eigenvalue weighted by atomic mass is 9.91. The van der Waals surface area contributed by atoms with E-state index in [0.717, 1.165) is 12.8 Å². The fourth-order valence-corrected chi connectivity index (χ4v) is 1.62. The van der Waals surface area contributed by atoms with E-state index in [4.69, 9.17) is 5.11 Å². The quantitative estimate of drug-likeness (QED) is 0.646. The van der Waals surface area contributed by atoms with Crippen molar-refractivity contribution in [3.05, 3.63) is 29.8 Å². The van der Waals surface area contributed by atoms with Crippen molar-refractivity contribution in [1.82, 2.24) is 0 Å². The van der Waals surface area contributed by atoms with Crippen molar-refractivity contribution in [2.75, 3.05) is 0 Å². The van der Waals surface area contributed by atoms with Gasteiger partial charge in [-0.3, -0.25) is 0 Å². The summed E-state index contributed by atoms with van der Waals surface area (Å²) in [4.78, 5) is 0. The van der Waals surface area contributed by atoms with Crippen LogP contribution >= 0.6 is 0 Å². The number of hydrogen-bond acceptors (Lipinski definition) is 1. The number of rotatable bonds is 1. The molecule has 1 atom stereocenters. The first-order valence-corrected chi connectivity index (χ1v) is 4.63. The molecule has 1 nitrogen and oxygen atoms in total. The van der Waals surface area contributed by atoms with Gasteiger partial charge in [-0.05, 0) is 30.5 Å². The molecule has 1 unspecified atom stereocenters. The molecule has 1 aliphatic rings. The molecule has 13 heavy (non-hydrogen) atoms. The number of hydrogen-bond donors (Lipinski definition) is 1. The molecule has 1 aromatic carbocycles. The van der Waals surface area contributed by atoms with Crippen molar-refractivity contribution in [3.8, 4) is 17.6 Å². The van der Waals surface area contributed by atoms with Crippen molar-refractivity contribution in [2.24, 2.45) is 0 Å². The van der Waals surface area contributed by atoms with Crippen LogP contribution < -0.4 is 0 Å². The molecule has 0 bridgehead atoms. The molecule has 0 saturated heterocycles. The predicted molar refractivity (Wildman–Crippen MR) is 52.5 cm³/mol. The molecule has 0 radical (unpaired) electrons. The Bertz CT molecular complexity index is 340. The highest BCUT2D eigenvalue weighted by Gasteiger charge is 2.10. The second kappa shape index (κ2) is 3.53. The molecule has 0 aromatic heterocycles. The number of phenolic OH excluding ortho intramolecular Hbond substituents is 1. The molecule has 0 spiro atoms. The molecule has 2 rings (SSSR count). The molecule has 0 fully saturated rings. The predicted octanol–water partition coefficient (Wildman–Crippen LogP) is 2.66. The molecule has 0 heterocycles. The monoisotopic (exact) mass is 172 g/mol. The third kappa shape index (κ3) is 1.84. The third-order valence-corrected chi connectivity index (χ3v) is 2.37. The summed E-state index contributed by atoms with van der Waals surface area (Å²) < 4.78 is 0. The van der Waals surface area contributed by atoms with Crippen LogP contribution in [0.1, 0.15) is 30.7 Å². The molecular weight excluding hydrogens is 160 g/mol. The maximum Gasteiger partial charge on any atom is 0.115 e. The van der Waals surface area contributed by atoms with E-state index in [1.165, 1.54) is 12.0 Å². The summed E-state index contributed by atoms with van der Waals surface area (Å²) in [6, 6.07) is 7.37. The Morgan fingerprint density at radius 1 is 1.23 bits per heavy atom. The second-order valence-corrected chi connectivity index (χ2v) is 3.36. The minimum Gasteiger partial charge on any atom is -0.508 e. The highest BCUT2D eigenvalue weighted by molar-refractivity contribution is 5.33. The van der Waals surface area contributed by atoms with E-state index in [9.17, 15) is 0 Å². The van der Waals surface area contributed by atoms with Crippen LogP contribution in [-0.4, -0.2) is 5.11 Å². The van der Waals surface area contributed by atoms with Gasteiger partial charge in [-0.15, -0.1) is 5.92 Å². The molecular formula is C12H12O. The van der Waals surface area contributed by atoms with Crippen molar-refractivity contribution in [3.63, 3.8) is 0 Å². The van der Waals surface area contributed by atoms with Gasteiger partial charge < -0.3 is 5.11 Å². The van der Waals surface area contributed by atoms with Crippen LogP contribution in [0.5, 0.6) is 5.75 Å². The van der Waals surface area contributed by atoms with Crippen LogP contribution in [0.2, 0.25) is 0 Å². The van der Waals surface area contributed by atoms with Crippen LogP contribution in [0.4, 0.5) is 0 Å². The summed E-state index contributed by atoms with van der Waals surface area (Å²) >= 11 is 0. The number of aromatic hydroxyl groups is 1. The van der Waals surface area contributed by atoms with Crippen molar-refractivity contribution < 1.29 is 5.11 Å². The van der Waals surface area contributed by atoms with E-state index in [1.54, 1.807) is 12.1 Å². The number of benzene rings is 1. The van der Waals surface area contributed by atoms with Crippen LogP contribution in [0, 0.1) is 11.8 Å². The fraction of sp³-hybridized carbons (Fsp3) is 0.333. The van der Waals surface area contributed by atoms with Crippen molar-refractivity contribution in [1.29, 1.82) is 0 Å². The molecule has 1 aromatic rings. The van der Waals surface area contributed by atoms with Gasteiger partial charge in [0.05, 0.1) is 0 Å². The molecule has 1 aliphatic carbocycles. The standard InChI is InChI=1S/C12H12O/c13-12-8-6-11(7-9-12)10-4-2-1-3-5-10/h6-10,13H,1-2,4H2. The SMILES string of the molecule is Oc1ccc(C2C#CCCC2)cc1. The first-order chi connectivity index (χ1) is 6.36. The normalized spacial score (nSPS) is 20.5. The zero-order valence-electron chi connectivity index (χ0n) is 7.46. The number of phenols is 1. The first kappa shape index (κ1) is 8.19. The van der Waals surface area contributed by atoms with E-state index >= 15 is 0 Å². The van der Waals surface area contributed by atoms with Crippen LogP contribution in [0.15, 0.2) is 24.3 Å². The van der Waals surface area contributed by atoms with E-state index in [1.807, 2.05) is 12.1 Å². The third-order valence-electron chi connectivity index (χ3n) is 2.37. The minimum absolute atomic E-state index is 0.326. The van der Waals surface area contributed by atoms with Gasteiger partial charge in [-0.25, -0.2) is 0 Å². The maximum atomic E-state index is 9.12. The highest BCUT2D eigenvalue weighted by Crippen LogP contribution is 2.25. The van der Waals surface area contributed by atoms with Crippen LogP contribution in [-0.2, 0) is 0 Å². The van der Waals surface area contributed by atoms with E-state index in [2.05, 4.69) is 11.8 Å². The zero-order valence-corrected chi connectivity index (χ0v) is 7.46. The van der Waals surface area contributed by atoms with E-state index < -0.39 is 0 Å². The lowest BCUT2D eigenvalue weighted by molar-refractivity contribution is 0.475. The fourth-order valence-electron chi connectivity index (χ4n) is 1.62. The molecule has 66 valence electrons. The Morgan fingerprint density at radius 3 is 2.62 bits per heavy atom. The van der Waals surface area contributed by atoms with E-state index in [0.29, 0.717) is 11.7 Å². The minimum atomic E-state index is 0.326. The summed E-state index contributed by atoms with van der Waals surface area (Å²) in [7, 11) is 0. The smallest absolute Gasteiger partial charge is 0.115 e. The Morgan fingerprint density at radius 2 is 2.00 bits per heavy atom. The summed E-state index contributed by atoms with van der Waals surface area (Å²) in [5.41, 5.74) is 1.23. The molecule has 1 N–H and O–H groups in total. The van der Waals surface area contributed by atoms with Gasteiger partial charge in [0.2, 0.25) is 0 Å². The summed E-state index contributed by atoms with van der Waals surface area (Å²) in [6.45, 7) is 0. The van der Waals surface area contributed by atoms with Gasteiger partial charge >= 0.3 is 0 Å². The summed E-state index contributed by atoms with van der Waals surface area (Å²) in [6.07, 6.45) is 3.38. The van der Waals surface area contributed by atoms with Crippen LogP contribution in [0.3, 0.4) is 0 Å². The largest absolute Gasteiger partial charge is 0.508 e. The Kier molecular flexibility index (Phi) is 2.23. The molecule has 0 saturated carbocycles. The van der Waals surface area contributed by atoms with Gasteiger partial charge in [0.25, 0.3) is 0 Å². The second-order valence-electron chi connectivity index (χ2n) is 3.36. The van der Waals surface area contributed by atoms with Crippen molar-refractivity contribution in [2.45, 2.75) is 25.2 Å². The van der Waals surface area contributed by atoms with Gasteiger partial charge in [0.1, 0.15) is 5.75 Å². The molecule has 0 amide bonds. The van der Waals surface area contributed by atoms with Gasteiger partial charge in [0.15, 0.2) is 0 Å². The lowest BCUT2D eigenvalue weighted by Gasteiger charge is -2.13. The Balaban J connectivity index is 2.23. The lowest BCUT2D eigenvalue weighted by Crippen LogP contribution is -1.98. The summed E-state index contributed by atoms with van der Waals surface area (Å²) in [5, 5.41) is 9.12. The summed E-state index contributed by atoms with van der Waals surface area (Å²) in [5.74, 6) is 7.07. The Labute approximate surface area is 78.4 Å². The van der Waals surface area contributed by atoms with Crippen molar-refractivity contribution >= 4 is 0 Å². The first-order valence-electron chi connectivity index (χ1n) is 4.63. The Hall–Kier alpha value is -1.42. The molecule has 1 heteroatoms.